The van der Waals surface area contributed by atoms with E-state index in [9.17, 15) is 13.9 Å². The van der Waals surface area contributed by atoms with Crippen molar-refractivity contribution in [3.63, 3.8) is 0 Å². The molecule has 0 radical (unpaired) electrons. The molecule has 1 aliphatic rings. The average molecular weight is 424 g/mol. The second-order valence-electron chi connectivity index (χ2n) is 8.67. The Kier molecular flexibility index (Phi) is 6.39. The van der Waals surface area contributed by atoms with E-state index >= 15 is 0 Å². The van der Waals surface area contributed by atoms with E-state index < -0.39 is 17.0 Å². The third-order valence-corrected chi connectivity index (χ3v) is 6.04. The molecule has 1 saturated heterocycles. The smallest absolute Gasteiger partial charge is 0.159 e. The summed E-state index contributed by atoms with van der Waals surface area (Å²) >= 11 is 0. The SMILES string of the molecule is Cc1cccc(-c2ncc(CN3CCC[C@@](CO)(Cc4ccc(F)cc4F)C3)cn2)c1. The molecular weight excluding hydrogens is 396 g/mol. The van der Waals surface area contributed by atoms with Crippen molar-refractivity contribution in [2.75, 3.05) is 19.7 Å². The Morgan fingerprint density at radius 1 is 1.10 bits per heavy atom. The van der Waals surface area contributed by atoms with E-state index in [1.165, 1.54) is 12.1 Å². The maximum absolute atomic E-state index is 14.2. The lowest BCUT2D eigenvalue weighted by molar-refractivity contribution is 0.0282. The lowest BCUT2D eigenvalue weighted by atomic mass is 9.75. The number of benzene rings is 2. The van der Waals surface area contributed by atoms with Crippen LogP contribution in [-0.2, 0) is 13.0 Å². The number of likely N-dealkylation sites (tertiary alicyclic amines) is 1. The standard InChI is InChI=1S/C25H27F2N3O/c1-18-4-2-5-20(10-18)24-28-13-19(14-29-24)15-30-9-3-8-25(16-30,17-31)12-21-6-7-22(26)11-23(21)27/h2,4-7,10-11,13-14,31H,3,8-9,12,15-17H2,1H3/t25-/m1/s1. The van der Waals surface area contributed by atoms with Gasteiger partial charge in [0.15, 0.2) is 5.82 Å². The van der Waals surface area contributed by atoms with Gasteiger partial charge in [-0.15, -0.1) is 0 Å². The van der Waals surface area contributed by atoms with Crippen LogP contribution in [0.2, 0.25) is 0 Å². The van der Waals surface area contributed by atoms with E-state index in [1.807, 2.05) is 37.5 Å². The molecule has 1 atom stereocenters. The van der Waals surface area contributed by atoms with Gasteiger partial charge >= 0.3 is 0 Å². The van der Waals surface area contributed by atoms with Crippen molar-refractivity contribution in [1.82, 2.24) is 14.9 Å². The van der Waals surface area contributed by atoms with Crippen molar-refractivity contribution in [3.8, 4) is 11.4 Å². The Bertz CT molecular complexity index is 1040. The molecule has 0 bridgehead atoms. The van der Waals surface area contributed by atoms with Gasteiger partial charge in [-0.1, -0.05) is 29.8 Å². The minimum atomic E-state index is -0.585. The fourth-order valence-electron chi connectivity index (χ4n) is 4.47. The van der Waals surface area contributed by atoms with Gasteiger partial charge in [0.05, 0.1) is 6.61 Å². The number of aromatic nitrogens is 2. The molecule has 1 aliphatic heterocycles. The molecule has 2 aromatic carbocycles. The summed E-state index contributed by atoms with van der Waals surface area (Å²) in [6, 6.07) is 11.8. The second kappa shape index (κ2) is 9.20. The topological polar surface area (TPSA) is 49.2 Å². The molecule has 0 spiro atoms. The molecule has 2 heterocycles. The van der Waals surface area contributed by atoms with Crippen molar-refractivity contribution in [2.45, 2.75) is 32.7 Å². The highest BCUT2D eigenvalue weighted by Crippen LogP contribution is 2.34. The highest BCUT2D eigenvalue weighted by Gasteiger charge is 2.36. The third-order valence-electron chi connectivity index (χ3n) is 6.04. The van der Waals surface area contributed by atoms with Crippen molar-refractivity contribution >= 4 is 0 Å². The van der Waals surface area contributed by atoms with Gasteiger partial charge in [0.1, 0.15) is 11.6 Å². The van der Waals surface area contributed by atoms with E-state index in [0.717, 1.165) is 42.1 Å². The summed E-state index contributed by atoms with van der Waals surface area (Å²) in [7, 11) is 0. The lowest BCUT2D eigenvalue weighted by Gasteiger charge is -2.42. The summed E-state index contributed by atoms with van der Waals surface area (Å²) in [5, 5.41) is 10.2. The number of piperidine rings is 1. The molecule has 6 heteroatoms. The van der Waals surface area contributed by atoms with Crippen LogP contribution in [0.3, 0.4) is 0 Å². The van der Waals surface area contributed by atoms with Crippen molar-refractivity contribution in [3.05, 3.63) is 83.2 Å². The predicted molar refractivity (Wildman–Crippen MR) is 116 cm³/mol. The molecule has 162 valence electrons. The number of aryl methyl sites for hydroxylation is 1. The molecule has 1 N–H and O–H groups in total. The lowest BCUT2D eigenvalue weighted by Crippen LogP contribution is -2.46. The largest absolute Gasteiger partial charge is 0.396 e. The number of halogens is 2. The minimum absolute atomic E-state index is 0.0386. The number of hydrogen-bond acceptors (Lipinski definition) is 4. The van der Waals surface area contributed by atoms with Crippen LogP contribution in [0.4, 0.5) is 8.78 Å². The number of aliphatic hydroxyl groups excluding tert-OH is 1. The quantitative estimate of drug-likeness (QED) is 0.632. The molecule has 0 unspecified atom stereocenters. The van der Waals surface area contributed by atoms with Gasteiger partial charge in [0.25, 0.3) is 0 Å². The van der Waals surface area contributed by atoms with Crippen LogP contribution < -0.4 is 0 Å². The van der Waals surface area contributed by atoms with Gasteiger partial charge in [-0.25, -0.2) is 18.7 Å². The molecule has 0 aliphatic carbocycles. The number of hydrogen-bond donors (Lipinski definition) is 1. The first-order valence-corrected chi connectivity index (χ1v) is 10.6. The first-order valence-electron chi connectivity index (χ1n) is 10.6. The monoisotopic (exact) mass is 423 g/mol. The first-order chi connectivity index (χ1) is 15.0. The van der Waals surface area contributed by atoms with Crippen LogP contribution in [0.5, 0.6) is 0 Å². The third kappa shape index (κ3) is 5.14. The van der Waals surface area contributed by atoms with E-state index in [4.69, 9.17) is 0 Å². The minimum Gasteiger partial charge on any atom is -0.396 e. The van der Waals surface area contributed by atoms with Gasteiger partial charge in [0.2, 0.25) is 0 Å². The van der Waals surface area contributed by atoms with Crippen molar-refractivity contribution in [2.24, 2.45) is 5.41 Å². The Hall–Kier alpha value is -2.70. The zero-order valence-electron chi connectivity index (χ0n) is 17.7. The van der Waals surface area contributed by atoms with E-state index in [2.05, 4.69) is 20.9 Å². The second-order valence-corrected chi connectivity index (χ2v) is 8.67. The molecule has 4 rings (SSSR count). The molecule has 3 aromatic rings. The maximum atomic E-state index is 14.2. The molecule has 0 amide bonds. The first kappa shape index (κ1) is 21.5. The zero-order valence-corrected chi connectivity index (χ0v) is 17.7. The van der Waals surface area contributed by atoms with Gasteiger partial charge in [-0.3, -0.25) is 4.90 Å². The van der Waals surface area contributed by atoms with Gasteiger partial charge in [-0.2, -0.15) is 0 Å². The molecule has 1 aromatic heterocycles. The van der Waals surface area contributed by atoms with Crippen LogP contribution in [-0.4, -0.2) is 39.7 Å². The van der Waals surface area contributed by atoms with E-state index in [-0.39, 0.29) is 6.61 Å². The van der Waals surface area contributed by atoms with Crippen molar-refractivity contribution in [1.29, 1.82) is 0 Å². The Morgan fingerprint density at radius 2 is 1.90 bits per heavy atom. The van der Waals surface area contributed by atoms with Crippen LogP contribution in [0, 0.1) is 24.0 Å². The van der Waals surface area contributed by atoms with Gasteiger partial charge in [-0.05, 0) is 50.4 Å². The van der Waals surface area contributed by atoms with Gasteiger partial charge in [0, 0.05) is 48.1 Å². The molecule has 4 nitrogen and oxygen atoms in total. The van der Waals surface area contributed by atoms with E-state index in [1.54, 1.807) is 0 Å². The maximum Gasteiger partial charge on any atom is 0.159 e. The summed E-state index contributed by atoms with van der Waals surface area (Å²) in [6.07, 6.45) is 5.79. The Labute approximate surface area is 181 Å². The molecule has 1 fully saturated rings. The number of rotatable bonds is 6. The predicted octanol–water partition coefficient (Wildman–Crippen LogP) is 4.55. The summed E-state index contributed by atoms with van der Waals surface area (Å²) in [6.45, 7) is 4.21. The average Bonchev–Trinajstić information content (AvgIpc) is 2.77. The zero-order chi connectivity index (χ0) is 21.8. The highest BCUT2D eigenvalue weighted by atomic mass is 19.1. The summed E-state index contributed by atoms with van der Waals surface area (Å²) < 4.78 is 27.5. The summed E-state index contributed by atoms with van der Waals surface area (Å²) in [4.78, 5) is 11.3. The van der Waals surface area contributed by atoms with E-state index in [0.29, 0.717) is 30.9 Å². The van der Waals surface area contributed by atoms with Gasteiger partial charge < -0.3 is 5.11 Å². The van der Waals surface area contributed by atoms with Crippen LogP contribution in [0.15, 0.2) is 54.9 Å². The van der Waals surface area contributed by atoms with Crippen LogP contribution >= 0.6 is 0 Å². The van der Waals surface area contributed by atoms with Crippen LogP contribution in [0.25, 0.3) is 11.4 Å². The molecule has 0 saturated carbocycles. The highest BCUT2D eigenvalue weighted by molar-refractivity contribution is 5.55. The summed E-state index contributed by atoms with van der Waals surface area (Å²) in [5.74, 6) is -0.439. The summed E-state index contributed by atoms with van der Waals surface area (Å²) in [5.41, 5.74) is 3.15. The number of aliphatic hydroxyl groups is 1. The van der Waals surface area contributed by atoms with Crippen molar-refractivity contribution < 1.29 is 13.9 Å². The Balaban J connectivity index is 1.45. The fraction of sp³-hybridized carbons (Fsp3) is 0.360. The Morgan fingerprint density at radius 3 is 2.61 bits per heavy atom. The fourth-order valence-corrected chi connectivity index (χ4v) is 4.47. The molecule has 31 heavy (non-hydrogen) atoms. The number of nitrogens with zero attached hydrogens (tertiary/aromatic N) is 3. The van der Waals surface area contributed by atoms with Crippen LogP contribution in [0.1, 0.15) is 29.5 Å². The molecular formula is C25H27F2N3O. The normalized spacial score (nSPS) is 19.5.